The number of sulfonamides is 1. The highest BCUT2D eigenvalue weighted by atomic mass is 32.2. The molecule has 0 N–H and O–H groups in total. The van der Waals surface area contributed by atoms with Crippen molar-refractivity contribution in [3.8, 4) is 0 Å². The van der Waals surface area contributed by atoms with Crippen molar-refractivity contribution >= 4 is 21.8 Å². The van der Waals surface area contributed by atoms with Crippen molar-refractivity contribution < 1.29 is 22.4 Å². The zero-order valence-corrected chi connectivity index (χ0v) is 19.7. The van der Waals surface area contributed by atoms with Crippen LogP contribution in [0.5, 0.6) is 0 Å². The van der Waals surface area contributed by atoms with Crippen molar-refractivity contribution in [3.05, 3.63) is 59.5 Å². The summed E-state index contributed by atoms with van der Waals surface area (Å²) in [5.74, 6) is 0.897. The molecule has 2 aliphatic heterocycles. The summed E-state index contributed by atoms with van der Waals surface area (Å²) in [6.45, 7) is 5.79. The Morgan fingerprint density at radius 3 is 2.09 bits per heavy atom. The molecule has 1 aromatic carbocycles. The smallest absolute Gasteiger partial charge is 0.289 e. The van der Waals surface area contributed by atoms with Gasteiger partial charge in [-0.3, -0.25) is 14.5 Å². The second-order valence-electron chi connectivity index (χ2n) is 8.50. The minimum absolute atomic E-state index is 0.00320. The van der Waals surface area contributed by atoms with Crippen LogP contribution in [0.4, 0.5) is 0 Å². The molecule has 10 heteroatoms. The van der Waals surface area contributed by atoms with Gasteiger partial charge in [0.25, 0.3) is 5.91 Å². The van der Waals surface area contributed by atoms with Crippen LogP contribution < -0.4 is 0 Å². The molecule has 0 bridgehead atoms. The number of hydrogen-bond acceptors (Lipinski definition) is 6. The first-order chi connectivity index (χ1) is 15.8. The molecule has 0 unspecified atom stereocenters. The predicted molar refractivity (Wildman–Crippen MR) is 123 cm³/mol. The first kappa shape index (κ1) is 23.5. The molecule has 0 saturated carbocycles. The van der Waals surface area contributed by atoms with E-state index in [2.05, 4.69) is 0 Å². The average Bonchev–Trinajstić information content (AvgIpc) is 3.26. The normalized spacial score (nSPS) is 18.5. The van der Waals surface area contributed by atoms with E-state index in [1.54, 1.807) is 41.0 Å². The molecule has 2 fully saturated rings. The molecule has 2 amide bonds. The van der Waals surface area contributed by atoms with E-state index in [1.165, 1.54) is 4.31 Å². The Morgan fingerprint density at radius 2 is 1.48 bits per heavy atom. The van der Waals surface area contributed by atoms with Gasteiger partial charge in [0, 0.05) is 52.4 Å². The van der Waals surface area contributed by atoms with Gasteiger partial charge in [-0.05, 0) is 24.6 Å². The number of piperazine rings is 2. The van der Waals surface area contributed by atoms with Crippen LogP contribution in [0, 0.1) is 6.92 Å². The van der Waals surface area contributed by atoms with Crippen LogP contribution in [0.3, 0.4) is 0 Å². The summed E-state index contributed by atoms with van der Waals surface area (Å²) in [5.41, 5.74) is 0.760. The number of nitrogens with zero attached hydrogens (tertiary/aromatic N) is 4. The molecular weight excluding hydrogens is 444 g/mol. The van der Waals surface area contributed by atoms with E-state index in [0.717, 1.165) is 5.56 Å². The van der Waals surface area contributed by atoms with E-state index in [1.807, 2.05) is 23.1 Å². The van der Waals surface area contributed by atoms with Crippen molar-refractivity contribution in [2.75, 3.05) is 58.9 Å². The Bertz CT molecular complexity index is 1070. The maximum Gasteiger partial charge on any atom is 0.289 e. The van der Waals surface area contributed by atoms with Crippen molar-refractivity contribution in [2.24, 2.45) is 0 Å². The van der Waals surface area contributed by atoms with Crippen LogP contribution >= 0.6 is 0 Å². The maximum atomic E-state index is 12.8. The van der Waals surface area contributed by atoms with Crippen LogP contribution in [0.25, 0.3) is 0 Å². The van der Waals surface area contributed by atoms with Gasteiger partial charge in [-0.25, -0.2) is 8.42 Å². The Balaban J connectivity index is 1.22. The molecule has 0 radical (unpaired) electrons. The van der Waals surface area contributed by atoms with Crippen LogP contribution in [-0.4, -0.2) is 98.1 Å². The second kappa shape index (κ2) is 10.1. The zero-order valence-electron chi connectivity index (χ0n) is 18.9. The Labute approximate surface area is 194 Å². The molecule has 2 aliphatic rings. The fraction of sp³-hybridized carbons (Fsp3) is 0.478. The van der Waals surface area contributed by atoms with Crippen molar-refractivity contribution in [1.82, 2.24) is 19.0 Å². The Morgan fingerprint density at radius 1 is 0.848 bits per heavy atom. The fourth-order valence-corrected chi connectivity index (χ4v) is 5.71. The lowest BCUT2D eigenvalue weighted by Gasteiger charge is -2.37. The molecule has 0 atom stereocenters. The number of hydrogen-bond donors (Lipinski definition) is 0. The van der Waals surface area contributed by atoms with Gasteiger partial charge >= 0.3 is 0 Å². The highest BCUT2D eigenvalue weighted by Crippen LogP contribution is 2.15. The number of amides is 2. The molecule has 4 rings (SSSR count). The molecule has 1 aromatic heterocycles. The van der Waals surface area contributed by atoms with Crippen LogP contribution in [0.2, 0.25) is 0 Å². The first-order valence-corrected chi connectivity index (χ1v) is 12.8. The second-order valence-corrected chi connectivity index (χ2v) is 10.5. The number of carbonyl (C=O) groups excluding carboxylic acids is 2. The van der Waals surface area contributed by atoms with Crippen molar-refractivity contribution in [3.63, 3.8) is 0 Å². The third kappa shape index (κ3) is 5.82. The highest BCUT2D eigenvalue weighted by molar-refractivity contribution is 7.88. The number of aryl methyl sites for hydroxylation is 1. The Kier molecular flexibility index (Phi) is 7.16. The monoisotopic (exact) mass is 474 g/mol. The van der Waals surface area contributed by atoms with E-state index in [-0.39, 0.29) is 24.1 Å². The quantitative estimate of drug-likeness (QED) is 0.621. The summed E-state index contributed by atoms with van der Waals surface area (Å²) >= 11 is 0. The van der Waals surface area contributed by atoms with Crippen LogP contribution in [0.1, 0.15) is 21.9 Å². The van der Waals surface area contributed by atoms with E-state index >= 15 is 0 Å². The standard InChI is InChI=1S/C23H30N4O5S/c1-19-7-8-21(32-19)23(29)26-11-9-24(10-12-26)17-22(28)25-13-15-27(16-14-25)33(30,31)18-20-5-3-2-4-6-20/h2-8H,9-18H2,1H3. The topological polar surface area (TPSA) is 94.4 Å². The molecule has 3 heterocycles. The lowest BCUT2D eigenvalue weighted by molar-refractivity contribution is -0.133. The van der Waals surface area contributed by atoms with Gasteiger partial charge < -0.3 is 14.2 Å². The van der Waals surface area contributed by atoms with Gasteiger partial charge in [0.2, 0.25) is 15.9 Å². The summed E-state index contributed by atoms with van der Waals surface area (Å²) in [6.07, 6.45) is 0. The van der Waals surface area contributed by atoms with Gasteiger partial charge in [0.05, 0.1) is 12.3 Å². The molecule has 178 valence electrons. The lowest BCUT2D eigenvalue weighted by atomic mass is 10.2. The summed E-state index contributed by atoms with van der Waals surface area (Å²) in [6, 6.07) is 12.6. The molecule has 0 aliphatic carbocycles. The highest BCUT2D eigenvalue weighted by Gasteiger charge is 2.30. The number of carbonyl (C=O) groups is 2. The molecular formula is C23H30N4O5S. The molecule has 2 saturated heterocycles. The van der Waals surface area contributed by atoms with E-state index in [0.29, 0.717) is 63.9 Å². The van der Waals surface area contributed by atoms with E-state index < -0.39 is 10.0 Å². The molecule has 0 spiro atoms. The summed E-state index contributed by atoms with van der Waals surface area (Å²) in [4.78, 5) is 30.8. The molecule has 9 nitrogen and oxygen atoms in total. The summed E-state index contributed by atoms with van der Waals surface area (Å²) < 4.78 is 32.3. The van der Waals surface area contributed by atoms with Gasteiger partial charge in [-0.15, -0.1) is 0 Å². The third-order valence-electron chi connectivity index (χ3n) is 6.15. The Hall–Kier alpha value is -2.69. The number of rotatable bonds is 6. The molecule has 33 heavy (non-hydrogen) atoms. The lowest BCUT2D eigenvalue weighted by Crippen LogP contribution is -2.55. The molecule has 2 aromatic rings. The largest absolute Gasteiger partial charge is 0.456 e. The van der Waals surface area contributed by atoms with Crippen LogP contribution in [0.15, 0.2) is 46.9 Å². The van der Waals surface area contributed by atoms with Crippen molar-refractivity contribution in [2.45, 2.75) is 12.7 Å². The third-order valence-corrected chi connectivity index (χ3v) is 8.00. The van der Waals surface area contributed by atoms with E-state index in [4.69, 9.17) is 4.42 Å². The van der Waals surface area contributed by atoms with Gasteiger partial charge in [0.1, 0.15) is 5.76 Å². The average molecular weight is 475 g/mol. The minimum atomic E-state index is -3.41. The number of furan rings is 1. The number of benzene rings is 1. The summed E-state index contributed by atoms with van der Waals surface area (Å²) in [5, 5.41) is 0. The fourth-order valence-electron chi connectivity index (χ4n) is 4.20. The zero-order chi connectivity index (χ0) is 23.4. The van der Waals surface area contributed by atoms with Gasteiger partial charge in [-0.1, -0.05) is 30.3 Å². The van der Waals surface area contributed by atoms with E-state index in [9.17, 15) is 18.0 Å². The maximum absolute atomic E-state index is 12.8. The first-order valence-electron chi connectivity index (χ1n) is 11.2. The summed E-state index contributed by atoms with van der Waals surface area (Å²) in [7, 11) is -3.41. The SMILES string of the molecule is Cc1ccc(C(=O)N2CCN(CC(=O)N3CCN(S(=O)(=O)Cc4ccccc4)CC3)CC2)o1. The van der Waals surface area contributed by atoms with Crippen molar-refractivity contribution in [1.29, 1.82) is 0 Å². The minimum Gasteiger partial charge on any atom is -0.456 e. The van der Waals surface area contributed by atoms with Crippen LogP contribution in [-0.2, 0) is 20.6 Å². The van der Waals surface area contributed by atoms with Gasteiger partial charge in [-0.2, -0.15) is 4.31 Å². The van der Waals surface area contributed by atoms with Gasteiger partial charge in [0.15, 0.2) is 5.76 Å². The predicted octanol–water partition coefficient (Wildman–Crippen LogP) is 1.02.